The predicted octanol–water partition coefficient (Wildman–Crippen LogP) is 4.54. The Labute approximate surface area is 148 Å². The lowest BCUT2D eigenvalue weighted by molar-refractivity contribution is -0.384. The molecular weight excluding hydrogens is 355 g/mol. The maximum atomic E-state index is 12.1. The number of halogens is 2. The normalized spacial score (nSPS) is 10.3. The molecule has 0 heterocycles. The quantitative estimate of drug-likeness (QED) is 0.620. The smallest absolute Gasteiger partial charge is 0.293 e. The van der Waals surface area contributed by atoms with Crippen LogP contribution >= 0.6 is 23.2 Å². The average molecular weight is 369 g/mol. The number of amides is 1. The Balaban J connectivity index is 2.14. The van der Waals surface area contributed by atoms with Crippen molar-refractivity contribution in [1.82, 2.24) is 0 Å². The fraction of sp³-hybridized carbons (Fsp3) is 0.188. The molecule has 0 aliphatic heterocycles. The minimum Gasteiger partial charge on any atom is -0.482 e. The monoisotopic (exact) mass is 368 g/mol. The van der Waals surface area contributed by atoms with Crippen molar-refractivity contribution in [3.8, 4) is 5.75 Å². The fourth-order valence-corrected chi connectivity index (χ4v) is 2.35. The molecule has 2 aromatic rings. The summed E-state index contributed by atoms with van der Waals surface area (Å²) in [5, 5.41) is 14.4. The van der Waals surface area contributed by atoms with Crippen molar-refractivity contribution in [2.75, 3.05) is 11.9 Å². The molecule has 8 heteroatoms. The van der Waals surface area contributed by atoms with Crippen molar-refractivity contribution in [3.63, 3.8) is 0 Å². The van der Waals surface area contributed by atoms with Crippen LogP contribution in [0.25, 0.3) is 0 Å². The zero-order valence-electron chi connectivity index (χ0n) is 12.9. The molecule has 0 atom stereocenters. The minimum atomic E-state index is -0.545. The van der Waals surface area contributed by atoms with Gasteiger partial charge in [0.05, 0.1) is 9.95 Å². The van der Waals surface area contributed by atoms with E-state index in [1.54, 1.807) is 32.0 Å². The number of aryl methyl sites for hydroxylation is 1. The zero-order valence-corrected chi connectivity index (χ0v) is 14.4. The Morgan fingerprint density at radius 2 is 1.96 bits per heavy atom. The molecule has 0 saturated carbocycles. The van der Waals surface area contributed by atoms with E-state index in [0.717, 1.165) is 5.56 Å². The van der Waals surface area contributed by atoms with Gasteiger partial charge >= 0.3 is 0 Å². The van der Waals surface area contributed by atoms with Gasteiger partial charge in [-0.15, -0.1) is 0 Å². The summed E-state index contributed by atoms with van der Waals surface area (Å²) >= 11 is 11.8. The van der Waals surface area contributed by atoms with Crippen LogP contribution < -0.4 is 10.1 Å². The largest absolute Gasteiger partial charge is 0.482 e. The summed E-state index contributed by atoms with van der Waals surface area (Å²) in [6, 6.07) is 7.61. The molecule has 0 aromatic heterocycles. The highest BCUT2D eigenvalue weighted by Crippen LogP contribution is 2.31. The van der Waals surface area contributed by atoms with Crippen molar-refractivity contribution >= 4 is 40.5 Å². The highest BCUT2D eigenvalue weighted by atomic mass is 35.5. The summed E-state index contributed by atoms with van der Waals surface area (Å²) in [5.41, 5.74) is 1.44. The molecule has 0 spiro atoms. The lowest BCUT2D eigenvalue weighted by atomic mass is 10.1. The third-order valence-corrected chi connectivity index (χ3v) is 3.97. The van der Waals surface area contributed by atoms with E-state index in [2.05, 4.69) is 5.32 Å². The lowest BCUT2D eigenvalue weighted by Crippen LogP contribution is -2.21. The van der Waals surface area contributed by atoms with Gasteiger partial charge < -0.3 is 10.1 Å². The Kier molecular flexibility index (Phi) is 5.64. The van der Waals surface area contributed by atoms with Crippen molar-refractivity contribution in [2.24, 2.45) is 0 Å². The molecule has 126 valence electrons. The standard InChI is InChI=1S/C16H14Cl2N2O4/c1-9-3-6-13(20(22)23)16(10(9)2)19-15(21)8-24-14-7-11(17)4-5-12(14)18/h3-7H,8H2,1-2H3,(H,19,21). The number of nitrogens with zero attached hydrogens (tertiary/aromatic N) is 1. The van der Waals surface area contributed by atoms with Crippen molar-refractivity contribution in [2.45, 2.75) is 13.8 Å². The summed E-state index contributed by atoms with van der Waals surface area (Å²) in [6.45, 7) is 3.15. The number of hydrogen-bond acceptors (Lipinski definition) is 4. The number of carbonyl (C=O) groups is 1. The molecular formula is C16H14Cl2N2O4. The van der Waals surface area contributed by atoms with Crippen molar-refractivity contribution in [1.29, 1.82) is 0 Å². The van der Waals surface area contributed by atoms with E-state index >= 15 is 0 Å². The van der Waals surface area contributed by atoms with Gasteiger partial charge in [-0.05, 0) is 37.1 Å². The molecule has 2 rings (SSSR count). The van der Waals surface area contributed by atoms with Gasteiger partial charge in [0.15, 0.2) is 6.61 Å². The molecule has 0 bridgehead atoms. The molecule has 0 radical (unpaired) electrons. The third kappa shape index (κ3) is 4.15. The van der Waals surface area contributed by atoms with Gasteiger partial charge in [0.2, 0.25) is 0 Å². The maximum absolute atomic E-state index is 12.1. The van der Waals surface area contributed by atoms with Crippen LogP contribution in [0.5, 0.6) is 5.75 Å². The Morgan fingerprint density at radius 3 is 2.62 bits per heavy atom. The number of benzene rings is 2. The van der Waals surface area contributed by atoms with E-state index in [0.29, 0.717) is 15.6 Å². The van der Waals surface area contributed by atoms with Gasteiger partial charge in [-0.1, -0.05) is 29.3 Å². The Bertz CT molecular complexity index is 809. The van der Waals surface area contributed by atoms with Crippen molar-refractivity contribution < 1.29 is 14.5 Å². The third-order valence-electron chi connectivity index (χ3n) is 3.43. The fourth-order valence-electron chi connectivity index (χ4n) is 2.02. The first-order valence-corrected chi connectivity index (χ1v) is 7.67. The maximum Gasteiger partial charge on any atom is 0.293 e. The Hall–Kier alpha value is -2.31. The second kappa shape index (κ2) is 7.51. The van der Waals surface area contributed by atoms with Crippen LogP contribution in [0.3, 0.4) is 0 Å². The van der Waals surface area contributed by atoms with Crippen LogP contribution in [-0.4, -0.2) is 17.4 Å². The average Bonchev–Trinajstić information content (AvgIpc) is 2.52. The molecule has 24 heavy (non-hydrogen) atoms. The van der Waals surface area contributed by atoms with E-state index in [4.69, 9.17) is 27.9 Å². The molecule has 0 fully saturated rings. The van der Waals surface area contributed by atoms with Crippen LogP contribution in [-0.2, 0) is 4.79 Å². The predicted molar refractivity (Wildman–Crippen MR) is 93.2 cm³/mol. The summed E-state index contributed by atoms with van der Waals surface area (Å²) in [6.07, 6.45) is 0. The summed E-state index contributed by atoms with van der Waals surface area (Å²) < 4.78 is 5.32. The topological polar surface area (TPSA) is 81.5 Å². The van der Waals surface area contributed by atoms with Gasteiger partial charge in [0, 0.05) is 17.2 Å². The molecule has 2 aromatic carbocycles. The molecule has 0 aliphatic carbocycles. The van der Waals surface area contributed by atoms with Crippen molar-refractivity contribution in [3.05, 3.63) is 61.6 Å². The highest BCUT2D eigenvalue weighted by molar-refractivity contribution is 6.34. The van der Waals surface area contributed by atoms with Gasteiger partial charge in [-0.3, -0.25) is 14.9 Å². The highest BCUT2D eigenvalue weighted by Gasteiger charge is 2.19. The van der Waals surface area contributed by atoms with Gasteiger partial charge in [0.1, 0.15) is 11.4 Å². The first-order chi connectivity index (χ1) is 11.3. The van der Waals surface area contributed by atoms with Crippen LogP contribution in [0, 0.1) is 24.0 Å². The van der Waals surface area contributed by atoms with E-state index in [-0.39, 0.29) is 23.7 Å². The van der Waals surface area contributed by atoms with E-state index in [1.165, 1.54) is 12.1 Å². The molecule has 0 aliphatic rings. The summed E-state index contributed by atoms with van der Waals surface area (Å²) in [7, 11) is 0. The summed E-state index contributed by atoms with van der Waals surface area (Å²) in [5.74, 6) is -0.280. The van der Waals surface area contributed by atoms with Crippen LogP contribution in [0.1, 0.15) is 11.1 Å². The second-order valence-electron chi connectivity index (χ2n) is 5.07. The van der Waals surface area contributed by atoms with Crippen LogP contribution in [0.15, 0.2) is 30.3 Å². The minimum absolute atomic E-state index is 0.158. The zero-order chi connectivity index (χ0) is 17.9. The van der Waals surface area contributed by atoms with Crippen LogP contribution in [0.4, 0.5) is 11.4 Å². The molecule has 0 unspecified atom stereocenters. The molecule has 1 amide bonds. The number of nitro groups is 1. The first-order valence-electron chi connectivity index (χ1n) is 6.92. The SMILES string of the molecule is Cc1ccc([N+](=O)[O-])c(NC(=O)COc2cc(Cl)ccc2Cl)c1C. The number of nitrogens with one attached hydrogen (secondary N) is 1. The molecule has 1 N–H and O–H groups in total. The van der Waals surface area contributed by atoms with E-state index in [9.17, 15) is 14.9 Å². The van der Waals surface area contributed by atoms with Gasteiger partial charge in [0.25, 0.3) is 11.6 Å². The molecule has 6 nitrogen and oxygen atoms in total. The first kappa shape index (κ1) is 18.0. The van der Waals surface area contributed by atoms with Gasteiger partial charge in [-0.25, -0.2) is 0 Å². The number of hydrogen-bond donors (Lipinski definition) is 1. The number of carbonyl (C=O) groups excluding carboxylic acids is 1. The van der Waals surface area contributed by atoms with E-state index < -0.39 is 10.8 Å². The number of rotatable bonds is 5. The second-order valence-corrected chi connectivity index (χ2v) is 5.91. The number of nitro benzene ring substituents is 1. The number of anilines is 1. The lowest BCUT2D eigenvalue weighted by Gasteiger charge is -2.12. The summed E-state index contributed by atoms with van der Waals surface area (Å²) in [4.78, 5) is 22.7. The number of ether oxygens (including phenoxy) is 1. The molecule has 0 saturated heterocycles. The van der Waals surface area contributed by atoms with Crippen LogP contribution in [0.2, 0.25) is 10.0 Å². The Morgan fingerprint density at radius 1 is 1.25 bits per heavy atom. The van der Waals surface area contributed by atoms with Gasteiger partial charge in [-0.2, -0.15) is 0 Å². The van der Waals surface area contributed by atoms with E-state index in [1.807, 2.05) is 0 Å².